The van der Waals surface area contributed by atoms with Crippen LogP contribution in [-0.4, -0.2) is 55.0 Å². The van der Waals surface area contributed by atoms with Crippen LogP contribution in [0, 0.1) is 5.82 Å². The Balaban J connectivity index is 1.87. The van der Waals surface area contributed by atoms with Crippen molar-refractivity contribution in [2.24, 2.45) is 0 Å². The number of carbonyl (C=O) groups excluding carboxylic acids is 1. The Labute approximate surface area is 119 Å². The molecule has 0 saturated carbocycles. The van der Waals surface area contributed by atoms with Gasteiger partial charge in [0.1, 0.15) is 5.82 Å². The molecule has 2 rings (SSSR count). The lowest BCUT2D eigenvalue weighted by atomic mass is 10.2. The van der Waals surface area contributed by atoms with Crippen molar-refractivity contribution in [2.75, 3.05) is 33.2 Å². The Hall–Kier alpha value is -1.46. The van der Waals surface area contributed by atoms with E-state index in [0.29, 0.717) is 24.7 Å². The van der Waals surface area contributed by atoms with Gasteiger partial charge in [-0.3, -0.25) is 9.69 Å². The summed E-state index contributed by atoms with van der Waals surface area (Å²) in [7, 11) is 1.72. The van der Waals surface area contributed by atoms with Gasteiger partial charge in [-0.15, -0.1) is 0 Å². The van der Waals surface area contributed by atoms with Crippen LogP contribution in [0.1, 0.15) is 12.5 Å². The number of likely N-dealkylation sites (N-methyl/N-ethyl adjacent to an activating group) is 1. The van der Waals surface area contributed by atoms with Gasteiger partial charge in [0.2, 0.25) is 5.91 Å². The number of piperazine rings is 1. The van der Waals surface area contributed by atoms with E-state index in [1.54, 1.807) is 30.1 Å². The van der Waals surface area contributed by atoms with Crippen molar-refractivity contribution in [3.05, 3.63) is 35.6 Å². The number of carbonyl (C=O) groups is 1. The molecule has 0 aromatic heterocycles. The Morgan fingerprint density at radius 1 is 1.50 bits per heavy atom. The number of nitrogens with one attached hydrogen (secondary N) is 1. The SMILES string of the molecule is C[C@H]1CN(CC(=O)N(C)Cc2ccccc2F)CCN1. The summed E-state index contributed by atoms with van der Waals surface area (Å²) in [4.78, 5) is 15.9. The van der Waals surface area contributed by atoms with E-state index < -0.39 is 0 Å². The van der Waals surface area contributed by atoms with Gasteiger partial charge in [0, 0.05) is 44.8 Å². The second-order valence-electron chi connectivity index (χ2n) is 5.43. The molecule has 4 nitrogen and oxygen atoms in total. The smallest absolute Gasteiger partial charge is 0.236 e. The van der Waals surface area contributed by atoms with E-state index in [0.717, 1.165) is 19.6 Å². The van der Waals surface area contributed by atoms with Gasteiger partial charge < -0.3 is 10.2 Å². The Bertz CT molecular complexity index is 466. The molecule has 1 amide bonds. The van der Waals surface area contributed by atoms with E-state index in [1.807, 2.05) is 0 Å². The molecule has 1 aromatic rings. The van der Waals surface area contributed by atoms with Crippen molar-refractivity contribution >= 4 is 5.91 Å². The quantitative estimate of drug-likeness (QED) is 0.896. The minimum atomic E-state index is -0.261. The van der Waals surface area contributed by atoms with Crippen LogP contribution >= 0.6 is 0 Å². The minimum Gasteiger partial charge on any atom is -0.340 e. The Morgan fingerprint density at radius 3 is 2.95 bits per heavy atom. The number of amides is 1. The zero-order valence-corrected chi connectivity index (χ0v) is 12.1. The zero-order chi connectivity index (χ0) is 14.5. The molecular weight excluding hydrogens is 257 g/mol. The van der Waals surface area contributed by atoms with E-state index in [4.69, 9.17) is 0 Å². The fourth-order valence-electron chi connectivity index (χ4n) is 2.44. The van der Waals surface area contributed by atoms with Gasteiger partial charge in [-0.25, -0.2) is 4.39 Å². The van der Waals surface area contributed by atoms with Gasteiger partial charge in [-0.2, -0.15) is 0 Å². The van der Waals surface area contributed by atoms with Gasteiger partial charge in [0.05, 0.1) is 6.54 Å². The number of hydrogen-bond donors (Lipinski definition) is 1. The van der Waals surface area contributed by atoms with Crippen LogP contribution in [0.3, 0.4) is 0 Å². The third-order valence-electron chi connectivity index (χ3n) is 3.60. The van der Waals surface area contributed by atoms with Crippen LogP contribution in [0.15, 0.2) is 24.3 Å². The van der Waals surface area contributed by atoms with Crippen molar-refractivity contribution < 1.29 is 9.18 Å². The second kappa shape index (κ2) is 6.81. The molecule has 20 heavy (non-hydrogen) atoms. The first kappa shape index (κ1) is 14.9. The summed E-state index contributed by atoms with van der Waals surface area (Å²) in [6.07, 6.45) is 0. The van der Waals surface area contributed by atoms with Crippen LogP contribution in [0.25, 0.3) is 0 Å². The third kappa shape index (κ3) is 4.02. The van der Waals surface area contributed by atoms with E-state index in [2.05, 4.69) is 17.1 Å². The highest BCUT2D eigenvalue weighted by Gasteiger charge is 2.20. The lowest BCUT2D eigenvalue weighted by Gasteiger charge is -2.32. The van der Waals surface area contributed by atoms with Crippen molar-refractivity contribution in [2.45, 2.75) is 19.5 Å². The van der Waals surface area contributed by atoms with Crippen molar-refractivity contribution in [3.63, 3.8) is 0 Å². The maximum absolute atomic E-state index is 13.6. The Morgan fingerprint density at radius 2 is 2.25 bits per heavy atom. The van der Waals surface area contributed by atoms with Gasteiger partial charge >= 0.3 is 0 Å². The predicted octanol–water partition coefficient (Wildman–Crippen LogP) is 1.08. The van der Waals surface area contributed by atoms with Crippen LogP contribution < -0.4 is 5.32 Å². The number of nitrogens with zero attached hydrogens (tertiary/aromatic N) is 2. The lowest BCUT2D eigenvalue weighted by molar-refractivity contribution is -0.131. The minimum absolute atomic E-state index is 0.0300. The molecule has 1 heterocycles. The summed E-state index contributed by atoms with van der Waals surface area (Å²) in [5.74, 6) is -0.231. The highest BCUT2D eigenvalue weighted by Crippen LogP contribution is 2.09. The van der Waals surface area contributed by atoms with Gasteiger partial charge in [0.15, 0.2) is 0 Å². The highest BCUT2D eigenvalue weighted by molar-refractivity contribution is 5.78. The molecule has 0 aliphatic carbocycles. The van der Waals surface area contributed by atoms with Crippen molar-refractivity contribution in [3.8, 4) is 0 Å². The van der Waals surface area contributed by atoms with Crippen LogP contribution in [0.5, 0.6) is 0 Å². The first-order valence-electron chi connectivity index (χ1n) is 6.99. The molecule has 1 atom stereocenters. The molecule has 110 valence electrons. The molecule has 0 radical (unpaired) electrons. The molecule has 0 bridgehead atoms. The average Bonchev–Trinajstić information content (AvgIpc) is 2.41. The van der Waals surface area contributed by atoms with Crippen molar-refractivity contribution in [1.82, 2.24) is 15.1 Å². The maximum atomic E-state index is 13.6. The molecule has 5 heteroatoms. The fraction of sp³-hybridized carbons (Fsp3) is 0.533. The maximum Gasteiger partial charge on any atom is 0.236 e. The molecule has 1 aliphatic rings. The van der Waals surface area contributed by atoms with E-state index in [1.165, 1.54) is 6.07 Å². The number of halogens is 1. The summed E-state index contributed by atoms with van der Waals surface area (Å²) in [5, 5.41) is 3.35. The molecular formula is C15H22FN3O. The van der Waals surface area contributed by atoms with Crippen LogP contribution in [-0.2, 0) is 11.3 Å². The first-order valence-corrected chi connectivity index (χ1v) is 6.99. The summed E-state index contributed by atoms with van der Waals surface area (Å²) >= 11 is 0. The number of rotatable bonds is 4. The topological polar surface area (TPSA) is 35.6 Å². The second-order valence-corrected chi connectivity index (χ2v) is 5.43. The van der Waals surface area contributed by atoms with Crippen LogP contribution in [0.4, 0.5) is 4.39 Å². The molecule has 0 unspecified atom stereocenters. The normalized spacial score (nSPS) is 19.9. The van der Waals surface area contributed by atoms with Gasteiger partial charge in [0.25, 0.3) is 0 Å². The summed E-state index contributed by atoms with van der Waals surface area (Å²) in [6.45, 7) is 5.48. The first-order chi connectivity index (χ1) is 9.56. The molecule has 1 aliphatic heterocycles. The van der Waals surface area contributed by atoms with E-state index >= 15 is 0 Å². The monoisotopic (exact) mass is 279 g/mol. The van der Waals surface area contributed by atoms with E-state index in [-0.39, 0.29) is 11.7 Å². The summed E-state index contributed by atoms with van der Waals surface area (Å²) in [5.41, 5.74) is 0.553. The largest absolute Gasteiger partial charge is 0.340 e. The molecule has 1 aromatic carbocycles. The Kier molecular flexibility index (Phi) is 5.09. The number of hydrogen-bond acceptors (Lipinski definition) is 3. The van der Waals surface area contributed by atoms with Crippen LogP contribution in [0.2, 0.25) is 0 Å². The average molecular weight is 279 g/mol. The fourth-order valence-corrected chi connectivity index (χ4v) is 2.44. The van der Waals surface area contributed by atoms with Crippen molar-refractivity contribution in [1.29, 1.82) is 0 Å². The summed E-state index contributed by atoms with van der Waals surface area (Å²) < 4.78 is 13.6. The third-order valence-corrected chi connectivity index (χ3v) is 3.60. The number of benzene rings is 1. The van der Waals surface area contributed by atoms with Gasteiger partial charge in [-0.1, -0.05) is 18.2 Å². The lowest BCUT2D eigenvalue weighted by Crippen LogP contribution is -2.51. The predicted molar refractivity (Wildman–Crippen MR) is 76.8 cm³/mol. The van der Waals surface area contributed by atoms with Gasteiger partial charge in [-0.05, 0) is 13.0 Å². The molecule has 1 fully saturated rings. The molecule has 1 saturated heterocycles. The van der Waals surface area contributed by atoms with E-state index in [9.17, 15) is 9.18 Å². The summed E-state index contributed by atoms with van der Waals surface area (Å²) in [6, 6.07) is 6.99. The molecule has 1 N–H and O–H groups in total. The zero-order valence-electron chi connectivity index (χ0n) is 12.1. The standard InChI is InChI=1S/C15H22FN3O/c1-12-9-19(8-7-17-12)11-15(20)18(2)10-13-5-3-4-6-14(13)16/h3-6,12,17H,7-11H2,1-2H3/t12-/m0/s1. The molecule has 0 spiro atoms. The highest BCUT2D eigenvalue weighted by atomic mass is 19.1.